The van der Waals surface area contributed by atoms with Crippen LogP contribution >= 0.6 is 45.2 Å². The normalized spacial score (nSPS) is 10.8. The number of hydrogen-bond donors (Lipinski definition) is 1. The van der Waals surface area contributed by atoms with Gasteiger partial charge in [-0.1, -0.05) is 18.2 Å². The smallest absolute Gasteiger partial charge is 0.271 e. The van der Waals surface area contributed by atoms with E-state index in [0.29, 0.717) is 23.7 Å². The number of benzene rings is 3. The Labute approximate surface area is 223 Å². The lowest BCUT2D eigenvalue weighted by Gasteiger charge is -2.14. The molecule has 34 heavy (non-hydrogen) atoms. The average Bonchev–Trinajstić information content (AvgIpc) is 2.82. The van der Waals surface area contributed by atoms with Crippen LogP contribution in [0.4, 0.5) is 11.4 Å². The van der Waals surface area contributed by atoms with Gasteiger partial charge in [-0.05, 0) is 92.7 Å². The van der Waals surface area contributed by atoms with Crippen LogP contribution in [-0.2, 0) is 11.4 Å². The van der Waals surface area contributed by atoms with Gasteiger partial charge in [0.05, 0.1) is 15.6 Å². The predicted octanol–water partition coefficient (Wildman–Crippen LogP) is 5.94. The Morgan fingerprint density at radius 3 is 2.56 bits per heavy atom. The number of nitrogens with zero attached hydrogens (tertiary/aromatic N) is 2. The van der Waals surface area contributed by atoms with Gasteiger partial charge in [-0.2, -0.15) is 5.26 Å². The number of non-ortho nitro benzene ring substituents is 1. The van der Waals surface area contributed by atoms with E-state index < -0.39 is 10.8 Å². The van der Waals surface area contributed by atoms with Gasteiger partial charge in [0.1, 0.15) is 18.2 Å². The molecule has 0 aliphatic carbocycles. The van der Waals surface area contributed by atoms with Crippen molar-refractivity contribution < 1.29 is 19.2 Å². The van der Waals surface area contributed by atoms with E-state index in [2.05, 4.69) is 50.5 Å². The van der Waals surface area contributed by atoms with Crippen molar-refractivity contribution in [1.82, 2.24) is 0 Å². The topological polar surface area (TPSA) is 114 Å². The van der Waals surface area contributed by atoms with E-state index in [1.807, 2.05) is 30.3 Å². The molecule has 0 heterocycles. The number of halogens is 2. The third-order valence-corrected chi connectivity index (χ3v) is 6.06. The molecule has 172 valence electrons. The van der Waals surface area contributed by atoms with Crippen molar-refractivity contribution in [3.05, 3.63) is 94.6 Å². The van der Waals surface area contributed by atoms with Crippen LogP contribution in [0.2, 0.25) is 0 Å². The van der Waals surface area contributed by atoms with Crippen LogP contribution < -0.4 is 14.8 Å². The molecule has 0 spiro atoms. The predicted molar refractivity (Wildman–Crippen MR) is 145 cm³/mol. The van der Waals surface area contributed by atoms with Crippen molar-refractivity contribution in [1.29, 1.82) is 5.26 Å². The summed E-state index contributed by atoms with van der Waals surface area (Å²) in [5.74, 6) is 0.328. The molecule has 1 amide bonds. The van der Waals surface area contributed by atoms with Crippen LogP contribution in [0.1, 0.15) is 11.1 Å². The minimum absolute atomic E-state index is 0.166. The van der Waals surface area contributed by atoms with E-state index in [9.17, 15) is 20.2 Å². The Morgan fingerprint density at radius 2 is 1.91 bits per heavy atom. The zero-order valence-corrected chi connectivity index (χ0v) is 22.1. The molecule has 0 unspecified atom stereocenters. The maximum absolute atomic E-state index is 12.6. The molecule has 0 radical (unpaired) electrons. The number of methoxy groups -OCH3 is 1. The SMILES string of the molecule is COc1cc(/C=C(\C#N)C(=O)Nc2cccc([N+](=O)[O-])c2)cc(I)c1OCc1ccc(I)cc1. The molecule has 0 bridgehead atoms. The summed E-state index contributed by atoms with van der Waals surface area (Å²) in [5, 5.41) is 23.0. The Bertz CT molecular complexity index is 1300. The summed E-state index contributed by atoms with van der Waals surface area (Å²) in [6.45, 7) is 0.355. The highest BCUT2D eigenvalue weighted by molar-refractivity contribution is 14.1. The van der Waals surface area contributed by atoms with Crippen LogP contribution in [0.25, 0.3) is 6.08 Å². The maximum Gasteiger partial charge on any atom is 0.271 e. The minimum atomic E-state index is -0.684. The van der Waals surface area contributed by atoms with Gasteiger partial charge in [0.2, 0.25) is 0 Å². The van der Waals surface area contributed by atoms with Gasteiger partial charge in [-0.15, -0.1) is 0 Å². The number of nitrogens with one attached hydrogen (secondary N) is 1. The molecule has 0 aliphatic rings. The number of amides is 1. The molecule has 0 aliphatic heterocycles. The number of nitriles is 1. The zero-order valence-electron chi connectivity index (χ0n) is 17.7. The second-order valence-corrected chi connectivity index (χ2v) is 9.29. The summed E-state index contributed by atoms with van der Waals surface area (Å²) in [4.78, 5) is 23.0. The van der Waals surface area contributed by atoms with E-state index in [-0.39, 0.29) is 16.9 Å². The summed E-state index contributed by atoms with van der Waals surface area (Å²) < 4.78 is 13.3. The van der Waals surface area contributed by atoms with E-state index >= 15 is 0 Å². The summed E-state index contributed by atoms with van der Waals surface area (Å²) in [6, 6.07) is 18.8. The second kappa shape index (κ2) is 11.8. The highest BCUT2D eigenvalue weighted by Gasteiger charge is 2.15. The lowest BCUT2D eigenvalue weighted by atomic mass is 10.1. The molecule has 3 aromatic rings. The van der Waals surface area contributed by atoms with Crippen molar-refractivity contribution >= 4 is 68.5 Å². The minimum Gasteiger partial charge on any atom is -0.493 e. The van der Waals surface area contributed by atoms with Gasteiger partial charge in [0.25, 0.3) is 11.6 Å². The molecule has 0 atom stereocenters. The molecule has 3 rings (SSSR count). The third kappa shape index (κ3) is 6.67. The molecular weight excluding hydrogens is 664 g/mol. The summed E-state index contributed by atoms with van der Waals surface area (Å²) >= 11 is 4.34. The molecule has 0 saturated heterocycles. The fourth-order valence-corrected chi connectivity index (χ4v) is 4.05. The first-order valence-corrected chi connectivity index (χ1v) is 11.9. The molecule has 1 N–H and O–H groups in total. The van der Waals surface area contributed by atoms with E-state index in [0.717, 1.165) is 12.7 Å². The summed E-state index contributed by atoms with van der Waals surface area (Å²) in [5.41, 5.74) is 1.45. The second-order valence-electron chi connectivity index (χ2n) is 6.88. The van der Waals surface area contributed by atoms with Gasteiger partial charge in [0, 0.05) is 21.4 Å². The molecule has 0 fully saturated rings. The molecule has 0 saturated carbocycles. The third-order valence-electron chi connectivity index (χ3n) is 4.54. The van der Waals surface area contributed by atoms with E-state index in [1.54, 1.807) is 12.1 Å². The summed E-state index contributed by atoms with van der Waals surface area (Å²) in [7, 11) is 1.51. The number of carbonyl (C=O) groups is 1. The van der Waals surface area contributed by atoms with Gasteiger partial charge < -0.3 is 14.8 Å². The van der Waals surface area contributed by atoms with Crippen molar-refractivity contribution in [3.63, 3.8) is 0 Å². The highest BCUT2D eigenvalue weighted by Crippen LogP contribution is 2.35. The zero-order chi connectivity index (χ0) is 24.7. The van der Waals surface area contributed by atoms with Gasteiger partial charge >= 0.3 is 0 Å². The lowest BCUT2D eigenvalue weighted by molar-refractivity contribution is -0.384. The quantitative estimate of drug-likeness (QED) is 0.104. The fourth-order valence-electron chi connectivity index (χ4n) is 2.91. The van der Waals surface area contributed by atoms with Crippen LogP contribution in [0.3, 0.4) is 0 Å². The van der Waals surface area contributed by atoms with Crippen molar-refractivity contribution in [2.75, 3.05) is 12.4 Å². The molecule has 3 aromatic carbocycles. The van der Waals surface area contributed by atoms with E-state index in [4.69, 9.17) is 9.47 Å². The van der Waals surface area contributed by atoms with Crippen molar-refractivity contribution in [2.45, 2.75) is 6.61 Å². The molecule has 10 heteroatoms. The van der Waals surface area contributed by atoms with Crippen LogP contribution in [0.15, 0.2) is 66.2 Å². The lowest BCUT2D eigenvalue weighted by Crippen LogP contribution is -2.13. The first-order valence-electron chi connectivity index (χ1n) is 9.73. The maximum atomic E-state index is 12.6. The number of ether oxygens (including phenoxy) is 2. The number of rotatable bonds is 8. The molecule has 8 nitrogen and oxygen atoms in total. The first-order chi connectivity index (χ1) is 16.3. The van der Waals surface area contributed by atoms with Crippen molar-refractivity contribution in [2.24, 2.45) is 0 Å². The summed E-state index contributed by atoms with van der Waals surface area (Å²) in [6.07, 6.45) is 1.42. The first kappa shape index (κ1) is 25.4. The van der Waals surface area contributed by atoms with Crippen LogP contribution in [0.5, 0.6) is 11.5 Å². The largest absolute Gasteiger partial charge is 0.493 e. The average molecular weight is 681 g/mol. The highest BCUT2D eigenvalue weighted by atomic mass is 127. The number of hydrogen-bond acceptors (Lipinski definition) is 6. The Morgan fingerprint density at radius 1 is 1.18 bits per heavy atom. The van der Waals surface area contributed by atoms with Gasteiger partial charge in [-0.25, -0.2) is 0 Å². The molecular formula is C24H17I2N3O5. The number of carbonyl (C=O) groups excluding carboxylic acids is 1. The van der Waals surface area contributed by atoms with Gasteiger partial charge in [-0.3, -0.25) is 14.9 Å². The number of anilines is 1. The van der Waals surface area contributed by atoms with Crippen molar-refractivity contribution in [3.8, 4) is 17.6 Å². The fraction of sp³-hybridized carbons (Fsp3) is 0.0833. The van der Waals surface area contributed by atoms with E-state index in [1.165, 1.54) is 37.5 Å². The number of nitro groups is 1. The monoisotopic (exact) mass is 681 g/mol. The van der Waals surface area contributed by atoms with Crippen LogP contribution in [-0.4, -0.2) is 17.9 Å². The number of nitro benzene ring substituents is 1. The standard InChI is InChI=1S/C24H17I2N3O5/c1-33-22-11-16(10-21(26)23(22)34-14-15-5-7-18(25)8-6-15)9-17(13-27)24(30)28-19-3-2-4-20(12-19)29(31)32/h2-12H,14H2,1H3,(H,28,30)/b17-9+. The molecule has 0 aromatic heterocycles. The van der Waals surface area contributed by atoms with Gasteiger partial charge in [0.15, 0.2) is 11.5 Å². The Kier molecular flexibility index (Phi) is 8.83. The van der Waals surface area contributed by atoms with Crippen LogP contribution in [0, 0.1) is 28.6 Å². The Hall–Kier alpha value is -3.18. The Balaban J connectivity index is 1.81.